The van der Waals surface area contributed by atoms with Crippen molar-refractivity contribution in [1.82, 2.24) is 15.0 Å². The maximum atomic E-state index is 8.88. The zero-order chi connectivity index (χ0) is 13.4. The lowest BCUT2D eigenvalue weighted by atomic mass is 10.4. The zero-order valence-electron chi connectivity index (χ0n) is 11.0. The Morgan fingerprint density at radius 1 is 1.39 bits per heavy atom. The minimum atomic E-state index is 0.164. The number of nitrogens with zero attached hydrogens (tertiary/aromatic N) is 3. The van der Waals surface area contributed by atoms with Crippen molar-refractivity contribution in [2.75, 3.05) is 25.6 Å². The van der Waals surface area contributed by atoms with Gasteiger partial charge >= 0.3 is 6.01 Å². The summed E-state index contributed by atoms with van der Waals surface area (Å²) in [5, 5.41) is 12.6. The van der Waals surface area contributed by atoms with Crippen LogP contribution in [0.2, 0.25) is 0 Å². The number of nitrogens with one attached hydrogen (secondary N) is 1. The maximum absolute atomic E-state index is 8.88. The Hall–Kier alpha value is -1.08. The number of anilines is 1. The Kier molecular flexibility index (Phi) is 6.74. The lowest BCUT2D eigenvalue weighted by Crippen LogP contribution is -2.07. The maximum Gasteiger partial charge on any atom is 0.322 e. The second kappa shape index (κ2) is 8.10. The SMILES string of the molecule is CCCOc1nc(NC)nc(SC(C)CCO)n1. The molecule has 1 rings (SSSR count). The zero-order valence-corrected chi connectivity index (χ0v) is 11.8. The molecule has 1 unspecified atom stereocenters. The van der Waals surface area contributed by atoms with Crippen molar-refractivity contribution in [3.63, 3.8) is 0 Å². The Bertz CT molecular complexity index is 365. The van der Waals surface area contributed by atoms with Gasteiger partial charge in [-0.3, -0.25) is 0 Å². The number of aliphatic hydroxyl groups is 1. The summed E-state index contributed by atoms with van der Waals surface area (Å²) in [4.78, 5) is 12.6. The van der Waals surface area contributed by atoms with Crippen LogP contribution in [0.1, 0.15) is 26.7 Å². The lowest BCUT2D eigenvalue weighted by molar-refractivity contribution is 0.287. The predicted molar refractivity (Wildman–Crippen MR) is 72.2 cm³/mol. The normalized spacial score (nSPS) is 12.2. The average Bonchev–Trinajstić information content (AvgIpc) is 2.36. The van der Waals surface area contributed by atoms with Crippen molar-refractivity contribution in [3.05, 3.63) is 0 Å². The molecule has 7 heteroatoms. The molecule has 0 fully saturated rings. The Labute approximate surface area is 112 Å². The van der Waals surface area contributed by atoms with E-state index in [1.807, 2.05) is 13.8 Å². The van der Waals surface area contributed by atoms with Gasteiger partial charge in [0.25, 0.3) is 0 Å². The minimum absolute atomic E-state index is 0.164. The second-order valence-electron chi connectivity index (χ2n) is 3.76. The van der Waals surface area contributed by atoms with Gasteiger partial charge in [0.1, 0.15) is 0 Å². The minimum Gasteiger partial charge on any atom is -0.463 e. The fourth-order valence-electron chi connectivity index (χ4n) is 1.18. The second-order valence-corrected chi connectivity index (χ2v) is 5.17. The summed E-state index contributed by atoms with van der Waals surface area (Å²) in [6, 6.07) is 0.342. The monoisotopic (exact) mass is 272 g/mol. The molecular formula is C11H20N4O2S. The van der Waals surface area contributed by atoms with E-state index in [4.69, 9.17) is 9.84 Å². The standard InChI is InChI=1S/C11H20N4O2S/c1-4-7-17-10-13-9(12-3)14-11(15-10)18-8(2)5-6-16/h8,16H,4-7H2,1-3H3,(H,12,13,14,15). The number of thioether (sulfide) groups is 1. The van der Waals surface area contributed by atoms with E-state index in [2.05, 4.69) is 20.3 Å². The van der Waals surface area contributed by atoms with Gasteiger partial charge in [0.15, 0.2) is 5.16 Å². The highest BCUT2D eigenvalue weighted by Crippen LogP contribution is 2.23. The van der Waals surface area contributed by atoms with Crippen LogP contribution < -0.4 is 10.1 Å². The van der Waals surface area contributed by atoms with Crippen LogP contribution in [0.4, 0.5) is 5.95 Å². The van der Waals surface area contributed by atoms with Crippen molar-refractivity contribution in [2.45, 2.75) is 37.1 Å². The van der Waals surface area contributed by atoms with E-state index >= 15 is 0 Å². The highest BCUT2D eigenvalue weighted by molar-refractivity contribution is 7.99. The topological polar surface area (TPSA) is 80.2 Å². The molecule has 2 N–H and O–H groups in total. The van der Waals surface area contributed by atoms with E-state index in [1.54, 1.807) is 7.05 Å². The van der Waals surface area contributed by atoms with Gasteiger partial charge < -0.3 is 15.2 Å². The molecule has 1 atom stereocenters. The van der Waals surface area contributed by atoms with Crippen LogP contribution in [0.15, 0.2) is 5.16 Å². The number of hydrogen-bond acceptors (Lipinski definition) is 7. The largest absolute Gasteiger partial charge is 0.463 e. The summed E-state index contributed by atoms with van der Waals surface area (Å²) in [5.41, 5.74) is 0. The van der Waals surface area contributed by atoms with Crippen molar-refractivity contribution >= 4 is 17.7 Å². The van der Waals surface area contributed by atoms with E-state index in [0.29, 0.717) is 30.1 Å². The molecule has 1 aromatic heterocycles. The molecule has 6 nitrogen and oxygen atoms in total. The van der Waals surface area contributed by atoms with E-state index < -0.39 is 0 Å². The van der Waals surface area contributed by atoms with Crippen LogP contribution in [0, 0.1) is 0 Å². The van der Waals surface area contributed by atoms with Gasteiger partial charge in [-0.15, -0.1) is 0 Å². The highest BCUT2D eigenvalue weighted by Gasteiger charge is 2.11. The Morgan fingerprint density at radius 2 is 2.17 bits per heavy atom. The van der Waals surface area contributed by atoms with Gasteiger partial charge in [-0.1, -0.05) is 25.6 Å². The van der Waals surface area contributed by atoms with Crippen LogP contribution in [0.5, 0.6) is 6.01 Å². The molecule has 0 saturated carbocycles. The third-order valence-electron chi connectivity index (χ3n) is 2.10. The highest BCUT2D eigenvalue weighted by atomic mass is 32.2. The third kappa shape index (κ3) is 5.05. The molecule has 0 amide bonds. The van der Waals surface area contributed by atoms with Gasteiger partial charge in [0, 0.05) is 18.9 Å². The van der Waals surface area contributed by atoms with E-state index in [0.717, 1.165) is 6.42 Å². The first kappa shape index (κ1) is 15.0. The molecule has 0 aliphatic rings. The molecule has 0 saturated heterocycles. The summed E-state index contributed by atoms with van der Waals surface area (Å²) < 4.78 is 5.41. The first-order chi connectivity index (χ1) is 8.69. The fourth-order valence-corrected chi connectivity index (χ4v) is 2.03. The molecule has 1 aromatic rings. The summed E-state index contributed by atoms with van der Waals surface area (Å²) in [6.07, 6.45) is 1.61. The summed E-state index contributed by atoms with van der Waals surface area (Å²) in [6.45, 7) is 4.80. The predicted octanol–water partition coefficient (Wildman–Crippen LogP) is 1.57. The quantitative estimate of drug-likeness (QED) is 0.695. The average molecular weight is 272 g/mol. The van der Waals surface area contributed by atoms with Crippen LogP contribution in [-0.2, 0) is 0 Å². The van der Waals surface area contributed by atoms with Gasteiger partial charge in [-0.05, 0) is 12.8 Å². The number of hydrogen-bond donors (Lipinski definition) is 2. The molecular weight excluding hydrogens is 252 g/mol. The summed E-state index contributed by atoms with van der Waals surface area (Å²) >= 11 is 1.50. The first-order valence-corrected chi connectivity index (χ1v) is 6.91. The fraction of sp³-hybridized carbons (Fsp3) is 0.727. The van der Waals surface area contributed by atoms with Crippen LogP contribution in [0.25, 0.3) is 0 Å². The molecule has 0 aliphatic heterocycles. The third-order valence-corrected chi connectivity index (χ3v) is 3.13. The molecule has 1 heterocycles. The van der Waals surface area contributed by atoms with Crippen molar-refractivity contribution in [3.8, 4) is 6.01 Å². The van der Waals surface area contributed by atoms with Gasteiger partial charge in [0.2, 0.25) is 5.95 Å². The molecule has 0 bridgehead atoms. The summed E-state index contributed by atoms with van der Waals surface area (Å²) in [7, 11) is 1.75. The molecule has 102 valence electrons. The van der Waals surface area contributed by atoms with Crippen LogP contribution in [0.3, 0.4) is 0 Å². The van der Waals surface area contributed by atoms with Crippen LogP contribution >= 0.6 is 11.8 Å². The molecule has 0 aromatic carbocycles. The van der Waals surface area contributed by atoms with E-state index in [1.165, 1.54) is 11.8 Å². The molecule has 0 radical (unpaired) electrons. The van der Waals surface area contributed by atoms with Gasteiger partial charge in [0.05, 0.1) is 6.61 Å². The van der Waals surface area contributed by atoms with Crippen molar-refractivity contribution < 1.29 is 9.84 Å². The lowest BCUT2D eigenvalue weighted by Gasteiger charge is -2.10. The van der Waals surface area contributed by atoms with Gasteiger partial charge in [-0.2, -0.15) is 15.0 Å². The van der Waals surface area contributed by atoms with Crippen molar-refractivity contribution in [2.24, 2.45) is 0 Å². The number of rotatable bonds is 8. The van der Waals surface area contributed by atoms with E-state index in [9.17, 15) is 0 Å². The number of aromatic nitrogens is 3. The van der Waals surface area contributed by atoms with E-state index in [-0.39, 0.29) is 11.9 Å². The molecule has 0 aliphatic carbocycles. The van der Waals surface area contributed by atoms with Gasteiger partial charge in [-0.25, -0.2) is 0 Å². The molecule has 0 spiro atoms. The Balaban J connectivity index is 2.76. The number of ether oxygens (including phenoxy) is 1. The van der Waals surface area contributed by atoms with Crippen LogP contribution in [-0.4, -0.2) is 45.6 Å². The smallest absolute Gasteiger partial charge is 0.322 e. The Morgan fingerprint density at radius 3 is 2.78 bits per heavy atom. The first-order valence-electron chi connectivity index (χ1n) is 6.03. The summed E-state index contributed by atoms with van der Waals surface area (Å²) in [5.74, 6) is 0.495. The van der Waals surface area contributed by atoms with Crippen molar-refractivity contribution in [1.29, 1.82) is 0 Å². The number of aliphatic hydroxyl groups excluding tert-OH is 1. The molecule has 18 heavy (non-hydrogen) atoms.